The Bertz CT molecular complexity index is 585. The molecule has 3 N–H and O–H groups in total. The molecule has 2 aromatic rings. The molecule has 0 atom stereocenters. The molecule has 0 saturated carbocycles. The van der Waals surface area contributed by atoms with Crippen molar-refractivity contribution in [3.63, 3.8) is 0 Å². The zero-order chi connectivity index (χ0) is 13.1. The lowest BCUT2D eigenvalue weighted by Gasteiger charge is -2.04. The Morgan fingerprint density at radius 2 is 2.17 bits per heavy atom. The maximum Gasteiger partial charge on any atom is 0.251 e. The van der Waals surface area contributed by atoms with E-state index in [-0.39, 0.29) is 17.2 Å². The Balaban J connectivity index is 2.01. The van der Waals surface area contributed by atoms with E-state index in [0.717, 1.165) is 10.9 Å². The van der Waals surface area contributed by atoms with Gasteiger partial charge in [-0.3, -0.25) is 4.79 Å². The minimum absolute atomic E-state index is 0.0246. The summed E-state index contributed by atoms with van der Waals surface area (Å²) in [7, 11) is 0. The maximum absolute atomic E-state index is 13.2. The Kier molecular flexibility index (Phi) is 3.84. The Morgan fingerprint density at radius 3 is 2.78 bits per heavy atom. The molecule has 1 heterocycles. The molecule has 0 spiro atoms. The second-order valence-electron chi connectivity index (χ2n) is 3.62. The van der Waals surface area contributed by atoms with Crippen LogP contribution in [0.3, 0.4) is 0 Å². The summed E-state index contributed by atoms with van der Waals surface area (Å²) >= 11 is 7.16. The monoisotopic (exact) mass is 284 g/mol. The third-order valence-electron chi connectivity index (χ3n) is 2.31. The molecule has 0 aliphatic heterocycles. The summed E-state index contributed by atoms with van der Waals surface area (Å²) in [4.78, 5) is 12.7. The highest BCUT2D eigenvalue weighted by molar-refractivity contribution is 7.16. The molecule has 0 aliphatic carbocycles. The molecule has 3 nitrogen and oxygen atoms in total. The van der Waals surface area contributed by atoms with E-state index in [1.54, 1.807) is 6.07 Å². The summed E-state index contributed by atoms with van der Waals surface area (Å²) in [6.45, 7) is 0.363. The van der Waals surface area contributed by atoms with Crippen LogP contribution in [-0.4, -0.2) is 5.91 Å². The molecule has 18 heavy (non-hydrogen) atoms. The highest BCUT2D eigenvalue weighted by Gasteiger charge is 2.08. The number of carbonyl (C=O) groups excluding carboxylic acids is 1. The summed E-state index contributed by atoms with van der Waals surface area (Å²) in [5, 5.41) is 2.68. The van der Waals surface area contributed by atoms with Gasteiger partial charge in [-0.15, -0.1) is 11.3 Å². The molecule has 6 heteroatoms. The van der Waals surface area contributed by atoms with Crippen molar-refractivity contribution >= 4 is 34.5 Å². The summed E-state index contributed by atoms with van der Waals surface area (Å²) in [6, 6.07) is 7.56. The highest BCUT2D eigenvalue weighted by Crippen LogP contribution is 2.21. The fourth-order valence-electron chi connectivity index (χ4n) is 1.38. The molecule has 0 radical (unpaired) electrons. The summed E-state index contributed by atoms with van der Waals surface area (Å²) in [5.74, 6) is -0.944. The van der Waals surface area contributed by atoms with Gasteiger partial charge in [0.25, 0.3) is 5.91 Å². The van der Waals surface area contributed by atoms with Crippen molar-refractivity contribution in [2.24, 2.45) is 0 Å². The van der Waals surface area contributed by atoms with Crippen LogP contribution in [0.5, 0.6) is 0 Å². The standard InChI is InChI=1S/C12H10ClFN2OS/c13-11-4-2-8(18-11)6-16-12(17)7-1-3-10(15)9(14)5-7/h1-5H,6,15H2,(H,16,17). The minimum Gasteiger partial charge on any atom is -0.396 e. The van der Waals surface area contributed by atoms with Crippen LogP contribution < -0.4 is 11.1 Å². The summed E-state index contributed by atoms with van der Waals surface area (Å²) in [6.07, 6.45) is 0. The molecule has 1 aromatic heterocycles. The van der Waals surface area contributed by atoms with Crippen LogP contribution in [0.2, 0.25) is 4.34 Å². The lowest BCUT2D eigenvalue weighted by molar-refractivity contribution is 0.0951. The third kappa shape index (κ3) is 3.00. The Hall–Kier alpha value is -1.59. The molecule has 1 amide bonds. The first-order valence-corrected chi connectivity index (χ1v) is 6.33. The average Bonchev–Trinajstić information content (AvgIpc) is 2.75. The van der Waals surface area contributed by atoms with E-state index in [4.69, 9.17) is 17.3 Å². The van der Waals surface area contributed by atoms with Gasteiger partial charge in [0.15, 0.2) is 0 Å². The first-order chi connectivity index (χ1) is 8.56. The number of anilines is 1. The first kappa shape index (κ1) is 12.9. The van der Waals surface area contributed by atoms with Gasteiger partial charge in [-0.2, -0.15) is 0 Å². The molecule has 1 aromatic carbocycles. The number of amides is 1. The lowest BCUT2D eigenvalue weighted by Crippen LogP contribution is -2.22. The van der Waals surface area contributed by atoms with Crippen molar-refractivity contribution in [3.05, 3.63) is 50.9 Å². The zero-order valence-corrected chi connectivity index (χ0v) is 10.8. The Morgan fingerprint density at radius 1 is 1.39 bits per heavy atom. The topological polar surface area (TPSA) is 55.1 Å². The molecule has 94 valence electrons. The SMILES string of the molecule is Nc1ccc(C(=O)NCc2ccc(Cl)s2)cc1F. The summed E-state index contributed by atoms with van der Waals surface area (Å²) in [5.41, 5.74) is 5.60. The molecular weight excluding hydrogens is 275 g/mol. The van der Waals surface area contributed by atoms with E-state index in [0.29, 0.717) is 10.9 Å². The van der Waals surface area contributed by atoms with Gasteiger partial charge >= 0.3 is 0 Å². The lowest BCUT2D eigenvalue weighted by atomic mass is 10.2. The fourth-order valence-corrected chi connectivity index (χ4v) is 2.41. The molecule has 2 rings (SSSR count). The maximum atomic E-state index is 13.2. The number of hydrogen-bond donors (Lipinski definition) is 2. The van der Waals surface area contributed by atoms with Crippen LogP contribution in [0.15, 0.2) is 30.3 Å². The van der Waals surface area contributed by atoms with Gasteiger partial charge in [0.2, 0.25) is 0 Å². The number of nitrogens with one attached hydrogen (secondary N) is 1. The number of hydrogen-bond acceptors (Lipinski definition) is 3. The van der Waals surface area contributed by atoms with Crippen molar-refractivity contribution in [1.82, 2.24) is 5.32 Å². The van der Waals surface area contributed by atoms with E-state index in [9.17, 15) is 9.18 Å². The van der Waals surface area contributed by atoms with Gasteiger partial charge in [0.05, 0.1) is 16.6 Å². The highest BCUT2D eigenvalue weighted by atomic mass is 35.5. The van der Waals surface area contributed by atoms with Crippen LogP contribution in [0.4, 0.5) is 10.1 Å². The van der Waals surface area contributed by atoms with Crippen molar-refractivity contribution in [3.8, 4) is 0 Å². The molecular formula is C12H10ClFN2OS. The van der Waals surface area contributed by atoms with E-state index < -0.39 is 5.82 Å². The van der Waals surface area contributed by atoms with Crippen molar-refractivity contribution in [2.75, 3.05) is 5.73 Å². The van der Waals surface area contributed by atoms with Crippen molar-refractivity contribution in [2.45, 2.75) is 6.54 Å². The number of nitrogens with two attached hydrogens (primary N) is 1. The third-order valence-corrected chi connectivity index (χ3v) is 3.55. The number of carbonyl (C=O) groups is 1. The molecule has 0 unspecified atom stereocenters. The molecule has 0 aliphatic rings. The van der Waals surface area contributed by atoms with E-state index in [1.807, 2.05) is 6.07 Å². The van der Waals surface area contributed by atoms with Crippen LogP contribution in [0.1, 0.15) is 15.2 Å². The predicted octanol–water partition coefficient (Wildman–Crippen LogP) is 3.05. The van der Waals surface area contributed by atoms with Crippen LogP contribution in [0, 0.1) is 5.82 Å². The average molecular weight is 285 g/mol. The minimum atomic E-state index is -0.596. The summed E-state index contributed by atoms with van der Waals surface area (Å²) < 4.78 is 13.9. The smallest absolute Gasteiger partial charge is 0.251 e. The van der Waals surface area contributed by atoms with Gasteiger partial charge in [-0.05, 0) is 30.3 Å². The van der Waals surface area contributed by atoms with Gasteiger partial charge in [-0.25, -0.2) is 4.39 Å². The number of halogens is 2. The largest absolute Gasteiger partial charge is 0.396 e. The number of rotatable bonds is 3. The predicted molar refractivity (Wildman–Crippen MR) is 71.3 cm³/mol. The second-order valence-corrected chi connectivity index (χ2v) is 5.42. The molecule has 0 fully saturated rings. The Labute approximate surface area is 112 Å². The van der Waals surface area contributed by atoms with Gasteiger partial charge in [-0.1, -0.05) is 11.6 Å². The number of benzene rings is 1. The first-order valence-electron chi connectivity index (χ1n) is 5.13. The van der Waals surface area contributed by atoms with E-state index in [2.05, 4.69) is 5.32 Å². The molecule has 0 saturated heterocycles. The number of nitrogen functional groups attached to an aromatic ring is 1. The number of thiophene rings is 1. The van der Waals surface area contributed by atoms with Crippen LogP contribution in [0.25, 0.3) is 0 Å². The quantitative estimate of drug-likeness (QED) is 0.851. The molecule has 0 bridgehead atoms. The fraction of sp³-hybridized carbons (Fsp3) is 0.0833. The van der Waals surface area contributed by atoms with Gasteiger partial charge in [0.1, 0.15) is 5.82 Å². The van der Waals surface area contributed by atoms with E-state index >= 15 is 0 Å². The normalized spacial score (nSPS) is 10.3. The van der Waals surface area contributed by atoms with Gasteiger partial charge < -0.3 is 11.1 Å². The van der Waals surface area contributed by atoms with Gasteiger partial charge in [0, 0.05) is 10.4 Å². The zero-order valence-electron chi connectivity index (χ0n) is 9.24. The van der Waals surface area contributed by atoms with E-state index in [1.165, 1.54) is 23.5 Å². The van der Waals surface area contributed by atoms with Crippen LogP contribution >= 0.6 is 22.9 Å². The van der Waals surface area contributed by atoms with Crippen molar-refractivity contribution < 1.29 is 9.18 Å². The van der Waals surface area contributed by atoms with Crippen LogP contribution in [-0.2, 0) is 6.54 Å². The van der Waals surface area contributed by atoms with Crippen molar-refractivity contribution in [1.29, 1.82) is 0 Å². The second kappa shape index (κ2) is 5.37.